The average molecular weight is 448 g/mol. The predicted molar refractivity (Wildman–Crippen MR) is 120 cm³/mol. The van der Waals surface area contributed by atoms with Crippen LogP contribution < -0.4 is 19.8 Å². The van der Waals surface area contributed by atoms with Crippen LogP contribution in [0.4, 0.5) is 14.9 Å². The highest BCUT2D eigenvalue weighted by atomic mass is 19.1. The van der Waals surface area contributed by atoms with E-state index in [0.717, 1.165) is 19.3 Å². The zero-order chi connectivity index (χ0) is 23.2. The molecule has 2 atom stereocenters. The van der Waals surface area contributed by atoms with Crippen LogP contribution in [0.2, 0.25) is 0 Å². The molecule has 0 unspecified atom stereocenters. The van der Waals surface area contributed by atoms with Gasteiger partial charge in [0.25, 0.3) is 0 Å². The minimum atomic E-state index is -1.58. The second kappa shape index (κ2) is 8.61. The largest absolute Gasteiger partial charge is 0.511 e. The normalized spacial score (nSPS) is 19.6. The molecule has 9 heteroatoms. The van der Waals surface area contributed by atoms with Gasteiger partial charge in [-0.3, -0.25) is 4.79 Å². The number of benzene rings is 1. The van der Waals surface area contributed by atoms with Gasteiger partial charge in [0, 0.05) is 25.2 Å². The summed E-state index contributed by atoms with van der Waals surface area (Å²) in [4.78, 5) is 28.2. The lowest BCUT2D eigenvalue weighted by molar-refractivity contribution is 0.143. The minimum Gasteiger partial charge on any atom is -0.489 e. The number of anilines is 1. The molecule has 174 valence electrons. The Bertz CT molecular complexity index is 1100. The number of ether oxygens (including phenoxy) is 2. The molecule has 1 N–H and O–H groups in total. The fourth-order valence-electron chi connectivity index (χ4n) is 4.61. The van der Waals surface area contributed by atoms with Gasteiger partial charge in [0.15, 0.2) is 17.3 Å². The molecule has 1 aromatic carbocycles. The summed E-state index contributed by atoms with van der Waals surface area (Å²) in [5.74, 6) is -0.156. The Morgan fingerprint density at radius 2 is 2.06 bits per heavy atom. The molecule has 4 rings (SSSR count). The van der Waals surface area contributed by atoms with E-state index >= 15 is 4.39 Å². The fraction of sp³-hybridized carbons (Fsp3) is 0.565. The van der Waals surface area contributed by atoms with E-state index < -0.39 is 17.4 Å². The van der Waals surface area contributed by atoms with Gasteiger partial charge in [-0.25, -0.2) is 9.18 Å². The number of hydrogen-bond donors (Lipinski definition) is 1. The molecule has 0 amide bonds. The number of rotatable bonds is 7. The van der Waals surface area contributed by atoms with Gasteiger partial charge in [-0.2, -0.15) is 0 Å². The molecule has 0 radical (unpaired) electrons. The molecule has 2 aromatic rings. The first-order valence-corrected chi connectivity index (χ1v) is 11.1. The van der Waals surface area contributed by atoms with Crippen molar-refractivity contribution >= 4 is 22.7 Å². The summed E-state index contributed by atoms with van der Waals surface area (Å²) in [6, 6.07) is 1.64. The Morgan fingerprint density at radius 3 is 2.66 bits per heavy atom. The second-order valence-electron chi connectivity index (χ2n) is 8.89. The highest BCUT2D eigenvalue weighted by Gasteiger charge is 2.34. The zero-order valence-electron chi connectivity index (χ0n) is 18.9. The molecule has 1 aliphatic heterocycles. The van der Waals surface area contributed by atoms with Crippen molar-refractivity contribution in [1.82, 2.24) is 9.47 Å². The van der Waals surface area contributed by atoms with Crippen molar-refractivity contribution in [3.63, 3.8) is 0 Å². The van der Waals surface area contributed by atoms with Crippen LogP contribution in [0, 0.1) is 11.7 Å². The Hall–Kier alpha value is -2.81. The molecule has 1 saturated carbocycles. The first kappa shape index (κ1) is 22.4. The van der Waals surface area contributed by atoms with E-state index in [1.165, 1.54) is 12.3 Å². The number of hydrogen-bond acceptors (Lipinski definition) is 6. The number of carboxylic acid groups (broad SMARTS) is 1. The van der Waals surface area contributed by atoms with Crippen LogP contribution in [0.25, 0.3) is 10.9 Å². The van der Waals surface area contributed by atoms with Crippen molar-refractivity contribution in [2.24, 2.45) is 5.92 Å². The van der Waals surface area contributed by atoms with E-state index in [1.54, 1.807) is 0 Å². The van der Waals surface area contributed by atoms with Gasteiger partial charge in [-0.15, -0.1) is 0 Å². The molecule has 8 nitrogen and oxygen atoms in total. The summed E-state index contributed by atoms with van der Waals surface area (Å²) >= 11 is 0. The summed E-state index contributed by atoms with van der Waals surface area (Å²) < 4.78 is 28.0. The lowest BCUT2D eigenvalue weighted by Gasteiger charge is -2.28. The van der Waals surface area contributed by atoms with Crippen LogP contribution in [-0.2, 0) is 0 Å². The molecule has 1 aromatic heterocycles. The smallest absolute Gasteiger partial charge is 0.489 e. The number of carbonyl (C=O) groups is 1. The Balaban J connectivity index is 1.89. The number of nitrogens with zero attached hydrogens (tertiary/aromatic N) is 3. The monoisotopic (exact) mass is 447 g/mol. The number of aromatic nitrogens is 1. The Morgan fingerprint density at radius 1 is 1.34 bits per heavy atom. The molecule has 0 spiro atoms. The van der Waals surface area contributed by atoms with Crippen LogP contribution in [0.5, 0.6) is 11.5 Å². The van der Waals surface area contributed by atoms with E-state index in [9.17, 15) is 9.59 Å². The molecule has 0 bridgehead atoms. The molecular weight excluding hydrogens is 417 g/mol. The predicted octanol–water partition coefficient (Wildman–Crippen LogP) is 3.71. The fourth-order valence-corrected chi connectivity index (χ4v) is 4.61. The van der Waals surface area contributed by atoms with E-state index in [-0.39, 0.29) is 17.2 Å². The number of fused-ring (bicyclic) bond motifs is 1. The van der Waals surface area contributed by atoms with Gasteiger partial charge in [0.1, 0.15) is 5.69 Å². The Labute approximate surface area is 186 Å². The number of pyridine rings is 1. The first-order valence-electron chi connectivity index (χ1n) is 11.1. The maximum absolute atomic E-state index is 15.5. The molecular formula is C23H30FN3O5. The van der Waals surface area contributed by atoms with Gasteiger partial charge in [-0.05, 0) is 59.2 Å². The SMILES string of the molecule is CCOc1c(N2CC[C@@H]([C@H](C)N(C)C)C2)c(F)cc2c(=O)c(OC(=O)O)cn(C3CC3)c12. The maximum atomic E-state index is 15.5. The van der Waals surface area contributed by atoms with Crippen LogP contribution in [0.1, 0.15) is 39.2 Å². The highest BCUT2D eigenvalue weighted by Crippen LogP contribution is 2.45. The first-order chi connectivity index (χ1) is 15.2. The van der Waals surface area contributed by atoms with Crippen LogP contribution in [-0.4, -0.2) is 60.6 Å². The van der Waals surface area contributed by atoms with E-state index in [0.29, 0.717) is 48.6 Å². The molecule has 2 heterocycles. The summed E-state index contributed by atoms with van der Waals surface area (Å²) in [6.07, 6.45) is 2.54. The minimum absolute atomic E-state index is 0.0674. The third-order valence-corrected chi connectivity index (χ3v) is 6.63. The second-order valence-corrected chi connectivity index (χ2v) is 8.89. The third-order valence-electron chi connectivity index (χ3n) is 6.63. The summed E-state index contributed by atoms with van der Waals surface area (Å²) in [5, 5.41) is 9.09. The molecule has 32 heavy (non-hydrogen) atoms. The summed E-state index contributed by atoms with van der Waals surface area (Å²) in [6.45, 7) is 5.68. The molecule has 1 aliphatic carbocycles. The molecule has 2 aliphatic rings. The third kappa shape index (κ3) is 4.01. The van der Waals surface area contributed by atoms with Crippen molar-refractivity contribution in [3.8, 4) is 11.5 Å². The van der Waals surface area contributed by atoms with Crippen molar-refractivity contribution in [2.75, 3.05) is 38.7 Å². The molecule has 1 saturated heterocycles. The van der Waals surface area contributed by atoms with Gasteiger partial charge in [-0.1, -0.05) is 0 Å². The van der Waals surface area contributed by atoms with Gasteiger partial charge in [0.2, 0.25) is 5.43 Å². The van der Waals surface area contributed by atoms with E-state index in [4.69, 9.17) is 14.6 Å². The van der Waals surface area contributed by atoms with Gasteiger partial charge in [0.05, 0.1) is 23.7 Å². The highest BCUT2D eigenvalue weighted by molar-refractivity contribution is 5.92. The van der Waals surface area contributed by atoms with E-state index in [2.05, 4.69) is 11.8 Å². The Kier molecular flexibility index (Phi) is 6.03. The topological polar surface area (TPSA) is 84.2 Å². The maximum Gasteiger partial charge on any atom is 0.511 e. The van der Waals surface area contributed by atoms with Crippen molar-refractivity contribution in [2.45, 2.75) is 45.2 Å². The van der Waals surface area contributed by atoms with Crippen molar-refractivity contribution in [3.05, 3.63) is 28.3 Å². The van der Waals surface area contributed by atoms with Crippen LogP contribution in [0.3, 0.4) is 0 Å². The number of halogens is 1. The summed E-state index contributed by atoms with van der Waals surface area (Å²) in [5.41, 5.74) is 0.206. The van der Waals surface area contributed by atoms with E-state index in [1.807, 2.05) is 30.5 Å². The van der Waals surface area contributed by atoms with Crippen LogP contribution in [0.15, 0.2) is 17.1 Å². The lowest BCUT2D eigenvalue weighted by Crippen LogP contribution is -2.34. The zero-order valence-corrected chi connectivity index (χ0v) is 18.9. The average Bonchev–Trinajstić information content (AvgIpc) is 3.46. The standard InChI is InChI=1S/C23H30FN3O5/c1-5-31-22-19-16(21(28)18(32-23(29)30)12-27(19)15-6-7-15)10-17(24)20(22)26-9-8-14(11-26)13(2)25(3)4/h10,12-15H,5-9,11H2,1-4H3,(H,29,30)/t13-,14+/m0/s1. The lowest BCUT2D eigenvalue weighted by atomic mass is 10.00. The van der Waals surface area contributed by atoms with Crippen molar-refractivity contribution < 1.29 is 23.8 Å². The molecule has 2 fully saturated rings. The van der Waals surface area contributed by atoms with Crippen LogP contribution >= 0.6 is 0 Å². The van der Waals surface area contributed by atoms with Gasteiger partial charge < -0.3 is 28.9 Å². The summed E-state index contributed by atoms with van der Waals surface area (Å²) in [7, 11) is 4.08. The van der Waals surface area contributed by atoms with Crippen molar-refractivity contribution in [1.29, 1.82) is 0 Å². The van der Waals surface area contributed by atoms with Gasteiger partial charge >= 0.3 is 6.16 Å². The quantitative estimate of drug-likeness (QED) is 0.648.